The number of hydrogen-bond acceptors (Lipinski definition) is 8. The maximum Gasteiger partial charge on any atom is 0.286 e. The topological polar surface area (TPSA) is 107 Å². The van der Waals surface area contributed by atoms with E-state index >= 15 is 0 Å². The lowest BCUT2D eigenvalue weighted by Crippen LogP contribution is -2.51. The fourth-order valence-corrected chi connectivity index (χ4v) is 3.35. The molecule has 1 saturated heterocycles. The number of amides is 1. The lowest BCUT2D eigenvalue weighted by Gasteiger charge is -2.28. The first kappa shape index (κ1) is 22.1. The molecule has 1 amide bonds. The third-order valence-electron chi connectivity index (χ3n) is 4.91. The molecular weight excluding hydrogens is 388 g/mol. The summed E-state index contributed by atoms with van der Waals surface area (Å²) < 4.78 is 15.8. The Hall–Kier alpha value is -2.62. The number of rotatable bonds is 10. The van der Waals surface area contributed by atoms with Gasteiger partial charge >= 0.3 is 0 Å². The van der Waals surface area contributed by atoms with Gasteiger partial charge in [0.2, 0.25) is 17.6 Å². The van der Waals surface area contributed by atoms with E-state index in [2.05, 4.69) is 15.5 Å². The van der Waals surface area contributed by atoms with Crippen LogP contribution in [0, 0.1) is 0 Å². The zero-order valence-corrected chi connectivity index (χ0v) is 17.6. The molecule has 1 N–H and O–H groups in total. The van der Waals surface area contributed by atoms with Crippen molar-refractivity contribution in [3.05, 3.63) is 36.2 Å². The van der Waals surface area contributed by atoms with Crippen molar-refractivity contribution in [3.8, 4) is 11.5 Å². The number of nitrogens with one attached hydrogen (secondary N) is 1. The second-order valence-corrected chi connectivity index (χ2v) is 7.88. The molecule has 1 aliphatic rings. The van der Waals surface area contributed by atoms with Gasteiger partial charge < -0.3 is 24.1 Å². The molecule has 0 saturated carbocycles. The summed E-state index contributed by atoms with van der Waals surface area (Å²) in [7, 11) is 1.56. The van der Waals surface area contributed by atoms with Gasteiger partial charge in [0.15, 0.2) is 0 Å². The molecule has 0 aliphatic carbocycles. The summed E-state index contributed by atoms with van der Waals surface area (Å²) in [6, 6.07) is 8.66. The van der Waals surface area contributed by atoms with Crippen LogP contribution >= 0.6 is 0 Å². The first-order valence-corrected chi connectivity index (χ1v) is 9.95. The Morgan fingerprint density at radius 2 is 2.03 bits per heavy atom. The lowest BCUT2D eigenvalue weighted by molar-refractivity contribution is -0.131. The van der Waals surface area contributed by atoms with Crippen LogP contribution in [0.2, 0.25) is 0 Å². The van der Waals surface area contributed by atoms with E-state index < -0.39 is 11.6 Å². The first-order chi connectivity index (χ1) is 14.4. The van der Waals surface area contributed by atoms with Crippen LogP contribution in [0.5, 0.6) is 0 Å². The van der Waals surface area contributed by atoms with Gasteiger partial charge in [-0.25, -0.2) is 0 Å². The van der Waals surface area contributed by atoms with Gasteiger partial charge in [-0.1, -0.05) is 18.2 Å². The average molecular weight is 416 g/mol. The number of aromatic nitrogens is 2. The number of ether oxygens (including phenoxy) is 2. The van der Waals surface area contributed by atoms with Gasteiger partial charge in [-0.15, -0.1) is 10.2 Å². The fourth-order valence-electron chi connectivity index (χ4n) is 3.35. The quantitative estimate of drug-likeness (QED) is 0.356. The minimum atomic E-state index is -0.587. The van der Waals surface area contributed by atoms with Crippen molar-refractivity contribution >= 4 is 11.7 Å². The summed E-state index contributed by atoms with van der Waals surface area (Å²) in [5, 5.41) is 11.1. The maximum absolute atomic E-state index is 12.9. The van der Waals surface area contributed by atoms with Crippen molar-refractivity contribution in [2.45, 2.75) is 38.3 Å². The van der Waals surface area contributed by atoms with Crippen LogP contribution in [-0.4, -0.2) is 72.0 Å². The molecule has 1 aromatic carbocycles. The second-order valence-electron chi connectivity index (χ2n) is 7.88. The van der Waals surface area contributed by atoms with E-state index in [0.717, 1.165) is 12.0 Å². The number of ketones is 1. The van der Waals surface area contributed by atoms with E-state index in [9.17, 15) is 9.59 Å². The lowest BCUT2D eigenvalue weighted by atomic mass is 10.1. The minimum Gasteiger partial charge on any atom is -0.414 e. The van der Waals surface area contributed by atoms with E-state index in [1.165, 1.54) is 0 Å². The predicted molar refractivity (Wildman–Crippen MR) is 109 cm³/mol. The van der Waals surface area contributed by atoms with E-state index in [0.29, 0.717) is 19.6 Å². The number of Topliss-reactive ketones (excluding diaryl/α,β-unsaturated/α-hetero) is 1. The highest BCUT2D eigenvalue weighted by molar-refractivity contribution is 5.99. The van der Waals surface area contributed by atoms with Crippen LogP contribution in [0.4, 0.5) is 0 Å². The van der Waals surface area contributed by atoms with Gasteiger partial charge in [0.25, 0.3) is 5.89 Å². The fraction of sp³-hybridized carbons (Fsp3) is 0.524. The van der Waals surface area contributed by atoms with Gasteiger partial charge in [0, 0.05) is 24.8 Å². The van der Waals surface area contributed by atoms with Crippen LogP contribution < -0.4 is 5.32 Å². The summed E-state index contributed by atoms with van der Waals surface area (Å²) in [5.74, 6) is -0.249. The Morgan fingerprint density at radius 3 is 2.77 bits per heavy atom. The molecule has 2 aromatic rings. The Labute approximate surface area is 175 Å². The molecule has 1 aromatic heterocycles. The van der Waals surface area contributed by atoms with E-state index in [-0.39, 0.29) is 36.8 Å². The molecule has 162 valence electrons. The third kappa shape index (κ3) is 5.50. The van der Waals surface area contributed by atoms with Gasteiger partial charge in [0.1, 0.15) is 12.8 Å². The highest BCUT2D eigenvalue weighted by atomic mass is 16.7. The number of likely N-dealkylation sites (tertiary alicyclic amines) is 1. The Morgan fingerprint density at radius 1 is 1.27 bits per heavy atom. The molecule has 1 atom stereocenters. The Balaban J connectivity index is 1.60. The van der Waals surface area contributed by atoms with E-state index in [1.54, 1.807) is 12.0 Å². The van der Waals surface area contributed by atoms with Gasteiger partial charge in [-0.3, -0.25) is 9.59 Å². The summed E-state index contributed by atoms with van der Waals surface area (Å²) in [5.41, 5.74) is 0.329. The molecule has 30 heavy (non-hydrogen) atoms. The smallest absolute Gasteiger partial charge is 0.286 e. The maximum atomic E-state index is 12.9. The van der Waals surface area contributed by atoms with Crippen LogP contribution in [0.1, 0.15) is 37.4 Å². The summed E-state index contributed by atoms with van der Waals surface area (Å²) in [6.07, 6.45) is 1.33. The predicted octanol–water partition coefficient (Wildman–Crippen LogP) is 1.90. The van der Waals surface area contributed by atoms with Gasteiger partial charge in [0.05, 0.1) is 13.2 Å². The molecule has 9 nitrogen and oxygen atoms in total. The van der Waals surface area contributed by atoms with Crippen LogP contribution in [0.3, 0.4) is 0 Å². The molecule has 0 spiro atoms. The normalized spacial score (nSPS) is 16.8. The second kappa shape index (κ2) is 9.92. The Kier molecular flexibility index (Phi) is 7.30. The first-order valence-electron chi connectivity index (χ1n) is 9.95. The number of carbonyl (C=O) groups is 2. The average Bonchev–Trinajstić information content (AvgIpc) is 3.42. The minimum absolute atomic E-state index is 0.0696. The molecule has 2 heterocycles. The molecule has 1 fully saturated rings. The van der Waals surface area contributed by atoms with Crippen molar-refractivity contribution in [2.24, 2.45) is 0 Å². The van der Waals surface area contributed by atoms with Gasteiger partial charge in [-0.2, -0.15) is 0 Å². The number of carbonyl (C=O) groups excluding carboxylic acids is 2. The molecule has 1 unspecified atom stereocenters. The summed E-state index contributed by atoms with van der Waals surface area (Å²) in [6.45, 7) is 5.08. The molecule has 3 rings (SSSR count). The number of methoxy groups -OCH3 is 1. The zero-order valence-electron chi connectivity index (χ0n) is 17.6. The highest BCUT2D eigenvalue weighted by Crippen LogP contribution is 2.23. The van der Waals surface area contributed by atoms with Crippen molar-refractivity contribution in [1.29, 1.82) is 0 Å². The third-order valence-corrected chi connectivity index (χ3v) is 4.91. The molecular formula is C21H28N4O5. The van der Waals surface area contributed by atoms with Crippen LogP contribution in [0.15, 0.2) is 34.7 Å². The zero-order chi connectivity index (χ0) is 21.6. The van der Waals surface area contributed by atoms with Crippen LogP contribution in [0.25, 0.3) is 11.5 Å². The summed E-state index contributed by atoms with van der Waals surface area (Å²) >= 11 is 0. The van der Waals surface area contributed by atoms with Crippen molar-refractivity contribution in [3.63, 3.8) is 0 Å². The number of benzene rings is 1. The van der Waals surface area contributed by atoms with Crippen molar-refractivity contribution < 1.29 is 23.5 Å². The van der Waals surface area contributed by atoms with Crippen LogP contribution in [-0.2, 0) is 14.3 Å². The molecule has 9 heteroatoms. The SMILES string of the molecule is COCOCC(C)(C)NCC(=O)N1CCCC1C(=O)c1nnc(-c2ccccc2)o1. The van der Waals surface area contributed by atoms with Crippen molar-refractivity contribution in [1.82, 2.24) is 20.4 Å². The molecule has 0 bridgehead atoms. The summed E-state index contributed by atoms with van der Waals surface area (Å²) in [4.78, 5) is 27.3. The monoisotopic (exact) mass is 416 g/mol. The Bertz CT molecular complexity index is 852. The molecule has 1 aliphatic heterocycles. The molecule has 0 radical (unpaired) electrons. The standard InChI is InChI=1S/C21H28N4O5/c1-21(2,13-29-14-28-3)22-12-17(26)25-11-7-10-16(25)18(27)20-24-23-19(30-20)15-8-5-4-6-9-15/h4-6,8-9,16,22H,7,10-14H2,1-3H3. The highest BCUT2D eigenvalue weighted by Gasteiger charge is 2.37. The van der Waals surface area contributed by atoms with E-state index in [1.807, 2.05) is 44.2 Å². The largest absolute Gasteiger partial charge is 0.414 e. The van der Waals surface area contributed by atoms with Crippen molar-refractivity contribution in [2.75, 3.05) is 33.6 Å². The van der Waals surface area contributed by atoms with E-state index in [4.69, 9.17) is 13.9 Å². The number of nitrogens with zero attached hydrogens (tertiary/aromatic N) is 3. The number of hydrogen-bond donors (Lipinski definition) is 1. The van der Waals surface area contributed by atoms with Gasteiger partial charge in [-0.05, 0) is 38.8 Å².